The molecule has 0 saturated carbocycles. The lowest BCUT2D eigenvalue weighted by molar-refractivity contribution is -0.138. The van der Waals surface area contributed by atoms with Gasteiger partial charge in [0.15, 0.2) is 0 Å². The van der Waals surface area contributed by atoms with Gasteiger partial charge in [-0.3, -0.25) is 0 Å². The van der Waals surface area contributed by atoms with Gasteiger partial charge in [0, 0.05) is 9.79 Å². The molecule has 0 fully saturated rings. The first-order valence-corrected chi connectivity index (χ1v) is 10.3. The van der Waals surface area contributed by atoms with Crippen LogP contribution in [0.25, 0.3) is 0 Å². The Labute approximate surface area is 168 Å². The third-order valence-corrected chi connectivity index (χ3v) is 5.56. The highest BCUT2D eigenvalue weighted by Crippen LogP contribution is 2.37. The molecule has 3 rings (SSSR count). The van der Waals surface area contributed by atoms with Crippen molar-refractivity contribution in [1.82, 2.24) is 0 Å². The van der Waals surface area contributed by atoms with Gasteiger partial charge in [0.05, 0.1) is 5.56 Å². The summed E-state index contributed by atoms with van der Waals surface area (Å²) in [5, 5.41) is 0. The second-order valence-electron chi connectivity index (χ2n) is 6.80. The molecule has 0 radical (unpaired) electrons. The van der Waals surface area contributed by atoms with E-state index in [1.165, 1.54) is 29.0 Å². The topological polar surface area (TPSA) is 0 Å². The zero-order valence-electron chi connectivity index (χ0n) is 15.8. The monoisotopic (exact) mass is 400 g/mol. The lowest BCUT2D eigenvalue weighted by Crippen LogP contribution is -2.09. The maximum atomic E-state index is 13.4. The Hall–Kier alpha value is -2.20. The maximum Gasteiger partial charge on any atom is 0.416 e. The molecule has 0 aliphatic heterocycles. The van der Waals surface area contributed by atoms with Crippen molar-refractivity contribution in [1.29, 1.82) is 0 Å². The van der Waals surface area contributed by atoms with Crippen LogP contribution >= 0.6 is 11.8 Å². The fraction of sp³-hybridized carbons (Fsp3) is 0.250. The number of halogens is 3. The van der Waals surface area contributed by atoms with E-state index in [1.54, 1.807) is 12.1 Å². The highest BCUT2D eigenvalue weighted by molar-refractivity contribution is 7.99. The van der Waals surface area contributed by atoms with E-state index in [2.05, 4.69) is 24.3 Å². The molecule has 0 aromatic heterocycles. The summed E-state index contributed by atoms with van der Waals surface area (Å²) in [5.74, 6) is 0. The van der Waals surface area contributed by atoms with Crippen molar-refractivity contribution in [3.8, 4) is 0 Å². The summed E-state index contributed by atoms with van der Waals surface area (Å²) in [6.45, 7) is 1.89. The SMILES string of the molecule is CCCc1ccc(Sc2cccc(CCc3ccccc3)c2)cc1C(F)(F)F. The highest BCUT2D eigenvalue weighted by Gasteiger charge is 2.33. The molecule has 3 aromatic rings. The molecule has 4 heteroatoms. The van der Waals surface area contributed by atoms with E-state index in [0.717, 1.165) is 17.7 Å². The second kappa shape index (κ2) is 9.33. The van der Waals surface area contributed by atoms with Gasteiger partial charge in [-0.25, -0.2) is 0 Å². The zero-order chi connectivity index (χ0) is 20.0. The van der Waals surface area contributed by atoms with Crippen LogP contribution in [0.3, 0.4) is 0 Å². The van der Waals surface area contributed by atoms with Crippen LogP contribution in [0.2, 0.25) is 0 Å². The van der Waals surface area contributed by atoms with Gasteiger partial charge in [0.2, 0.25) is 0 Å². The Morgan fingerprint density at radius 2 is 1.39 bits per heavy atom. The standard InChI is InChI=1S/C24H23F3S/c1-2-7-20-14-15-22(17-23(20)24(25,26)27)28-21-11-6-10-19(16-21)13-12-18-8-4-3-5-9-18/h3-6,8-11,14-17H,2,7,12-13H2,1H3. The van der Waals surface area contributed by atoms with Crippen molar-refractivity contribution >= 4 is 11.8 Å². The number of aryl methyl sites for hydroxylation is 3. The third-order valence-electron chi connectivity index (χ3n) is 4.59. The van der Waals surface area contributed by atoms with Crippen LogP contribution in [0.15, 0.2) is 82.6 Å². The number of alkyl halides is 3. The Balaban J connectivity index is 1.74. The van der Waals surface area contributed by atoms with Crippen LogP contribution < -0.4 is 0 Å². The molecule has 0 aliphatic rings. The average molecular weight is 401 g/mol. The minimum Gasteiger partial charge on any atom is -0.166 e. The molecule has 28 heavy (non-hydrogen) atoms. The number of hydrogen-bond donors (Lipinski definition) is 0. The number of benzene rings is 3. The number of rotatable bonds is 7. The largest absolute Gasteiger partial charge is 0.416 e. The van der Waals surface area contributed by atoms with Crippen molar-refractivity contribution in [3.63, 3.8) is 0 Å². The molecule has 0 heterocycles. The van der Waals surface area contributed by atoms with Crippen molar-refractivity contribution in [2.45, 2.75) is 48.6 Å². The fourth-order valence-corrected chi connectivity index (χ4v) is 4.15. The lowest BCUT2D eigenvalue weighted by atomic mass is 10.0. The van der Waals surface area contributed by atoms with E-state index in [9.17, 15) is 13.2 Å². The van der Waals surface area contributed by atoms with Gasteiger partial charge in [0.25, 0.3) is 0 Å². The molecule has 0 spiro atoms. The number of hydrogen-bond acceptors (Lipinski definition) is 1. The van der Waals surface area contributed by atoms with E-state index < -0.39 is 11.7 Å². The van der Waals surface area contributed by atoms with Gasteiger partial charge < -0.3 is 0 Å². The summed E-state index contributed by atoms with van der Waals surface area (Å²) in [4.78, 5) is 1.58. The van der Waals surface area contributed by atoms with E-state index in [1.807, 2.05) is 37.3 Å². The first-order valence-electron chi connectivity index (χ1n) is 9.46. The van der Waals surface area contributed by atoms with Crippen molar-refractivity contribution in [3.05, 3.63) is 95.1 Å². The molecular weight excluding hydrogens is 377 g/mol. The molecular formula is C24H23F3S. The maximum absolute atomic E-state index is 13.4. The molecule has 0 amide bonds. The van der Waals surface area contributed by atoms with E-state index in [-0.39, 0.29) is 0 Å². The smallest absolute Gasteiger partial charge is 0.166 e. The molecule has 0 aliphatic carbocycles. The van der Waals surface area contributed by atoms with E-state index in [4.69, 9.17) is 0 Å². The Morgan fingerprint density at radius 1 is 0.714 bits per heavy atom. The minimum absolute atomic E-state index is 0.371. The summed E-state index contributed by atoms with van der Waals surface area (Å²) >= 11 is 1.38. The summed E-state index contributed by atoms with van der Waals surface area (Å²) in [6.07, 6.45) is -1.34. The van der Waals surface area contributed by atoms with Crippen LogP contribution in [-0.4, -0.2) is 0 Å². The molecule has 0 atom stereocenters. The molecule has 0 unspecified atom stereocenters. The van der Waals surface area contributed by atoms with Crippen molar-refractivity contribution in [2.24, 2.45) is 0 Å². The van der Waals surface area contributed by atoms with Gasteiger partial charge in [-0.1, -0.05) is 73.6 Å². The van der Waals surface area contributed by atoms with Gasteiger partial charge in [-0.05, 0) is 60.2 Å². The molecule has 0 bridgehead atoms. The molecule has 146 valence electrons. The first-order chi connectivity index (χ1) is 13.5. The van der Waals surface area contributed by atoms with Crippen LogP contribution in [0.4, 0.5) is 13.2 Å². The summed E-state index contributed by atoms with van der Waals surface area (Å²) < 4.78 is 40.2. The average Bonchev–Trinajstić information content (AvgIpc) is 2.68. The highest BCUT2D eigenvalue weighted by atomic mass is 32.2. The Morgan fingerprint density at radius 3 is 2.11 bits per heavy atom. The summed E-state index contributed by atoms with van der Waals surface area (Å²) in [6, 6.07) is 23.0. The predicted molar refractivity (Wildman–Crippen MR) is 110 cm³/mol. The molecule has 0 N–H and O–H groups in total. The molecule has 0 nitrogen and oxygen atoms in total. The zero-order valence-corrected chi connectivity index (χ0v) is 16.6. The third kappa shape index (κ3) is 5.65. The van der Waals surface area contributed by atoms with E-state index >= 15 is 0 Å². The van der Waals surface area contributed by atoms with Gasteiger partial charge in [-0.15, -0.1) is 0 Å². The van der Waals surface area contributed by atoms with Crippen molar-refractivity contribution < 1.29 is 13.2 Å². The van der Waals surface area contributed by atoms with E-state index in [0.29, 0.717) is 23.3 Å². The lowest BCUT2D eigenvalue weighted by Gasteiger charge is -2.14. The van der Waals surface area contributed by atoms with Crippen LogP contribution in [-0.2, 0) is 25.4 Å². The molecule has 0 saturated heterocycles. The normalized spacial score (nSPS) is 11.6. The van der Waals surface area contributed by atoms with Crippen LogP contribution in [0.1, 0.15) is 35.6 Å². The second-order valence-corrected chi connectivity index (χ2v) is 7.95. The first kappa shape index (κ1) is 20.5. The van der Waals surface area contributed by atoms with Gasteiger partial charge in [-0.2, -0.15) is 13.2 Å². The van der Waals surface area contributed by atoms with Crippen LogP contribution in [0, 0.1) is 0 Å². The van der Waals surface area contributed by atoms with Gasteiger partial charge in [0.1, 0.15) is 0 Å². The quantitative estimate of drug-likeness (QED) is 0.393. The summed E-state index contributed by atoms with van der Waals surface area (Å²) in [5.41, 5.74) is 2.32. The fourth-order valence-electron chi connectivity index (χ4n) is 3.20. The predicted octanol–water partition coefficient (Wildman–Crippen LogP) is 7.59. The molecule has 3 aromatic carbocycles. The Kier molecular flexibility index (Phi) is 6.84. The van der Waals surface area contributed by atoms with Crippen molar-refractivity contribution in [2.75, 3.05) is 0 Å². The minimum atomic E-state index is -4.32. The Bertz CT molecular complexity index is 901. The summed E-state index contributed by atoms with van der Waals surface area (Å²) in [7, 11) is 0. The van der Waals surface area contributed by atoms with Gasteiger partial charge >= 0.3 is 6.18 Å². The van der Waals surface area contributed by atoms with Crippen LogP contribution in [0.5, 0.6) is 0 Å².